The maximum Gasteiger partial charge on any atom is 0.149 e. The largest absolute Gasteiger partial charge is 0.455 e. The van der Waals surface area contributed by atoms with Crippen molar-refractivity contribution in [1.82, 2.24) is 4.98 Å². The molecule has 2 heterocycles. The summed E-state index contributed by atoms with van der Waals surface area (Å²) in [4.78, 5) is 6.61. The van der Waals surface area contributed by atoms with E-state index in [1.54, 1.807) is 24.4 Å². The minimum Gasteiger partial charge on any atom is -0.455 e. The van der Waals surface area contributed by atoms with Crippen molar-refractivity contribution in [2.75, 3.05) is 18.0 Å². The maximum atomic E-state index is 14.7. The Bertz CT molecular complexity index is 812. The third-order valence-corrected chi connectivity index (χ3v) is 4.90. The van der Waals surface area contributed by atoms with Crippen LogP contribution in [0.15, 0.2) is 30.5 Å². The summed E-state index contributed by atoms with van der Waals surface area (Å²) in [5, 5.41) is -0.00518. The summed E-state index contributed by atoms with van der Waals surface area (Å²) >= 11 is 6.24. The van der Waals surface area contributed by atoms with Gasteiger partial charge in [-0.15, -0.1) is 0 Å². The normalized spacial score (nSPS) is 20.6. The number of pyridine rings is 1. The van der Waals surface area contributed by atoms with Gasteiger partial charge in [0.15, 0.2) is 0 Å². The highest BCUT2D eigenvalue weighted by Crippen LogP contribution is 2.37. The molecule has 1 aromatic carbocycles. The van der Waals surface area contributed by atoms with Crippen LogP contribution >= 0.6 is 11.6 Å². The molecule has 0 bridgehead atoms. The van der Waals surface area contributed by atoms with Crippen LogP contribution in [0.4, 0.5) is 10.2 Å². The molecule has 2 atom stereocenters. The highest BCUT2D eigenvalue weighted by Gasteiger charge is 2.24. The van der Waals surface area contributed by atoms with E-state index in [2.05, 4.69) is 9.88 Å². The summed E-state index contributed by atoms with van der Waals surface area (Å²) in [7, 11) is 0. The molecule has 0 radical (unpaired) electrons. The fourth-order valence-corrected chi connectivity index (χ4v) is 3.52. The predicted molar refractivity (Wildman–Crippen MR) is 107 cm³/mol. The number of ether oxygens (including phenoxy) is 2. The Morgan fingerprint density at radius 3 is 2.48 bits per heavy atom. The van der Waals surface area contributed by atoms with Crippen LogP contribution in [0.2, 0.25) is 5.02 Å². The first-order chi connectivity index (χ1) is 12.6. The molecule has 0 saturated carbocycles. The van der Waals surface area contributed by atoms with E-state index in [9.17, 15) is 4.39 Å². The van der Waals surface area contributed by atoms with Gasteiger partial charge in [-0.2, -0.15) is 0 Å². The third-order valence-electron chi connectivity index (χ3n) is 4.54. The Morgan fingerprint density at radius 2 is 1.85 bits per heavy atom. The molecule has 146 valence electrons. The lowest BCUT2D eigenvalue weighted by atomic mass is 9.86. The van der Waals surface area contributed by atoms with Crippen molar-refractivity contribution < 1.29 is 13.9 Å². The van der Waals surface area contributed by atoms with E-state index in [1.807, 2.05) is 40.7 Å². The predicted octanol–water partition coefficient (Wildman–Crippen LogP) is 5.58. The number of nitrogens with zero attached hydrogens (tertiary/aromatic N) is 2. The van der Waals surface area contributed by atoms with Crippen molar-refractivity contribution in [3.63, 3.8) is 0 Å². The second-order valence-corrected chi connectivity index (χ2v) is 8.48. The molecule has 1 saturated heterocycles. The monoisotopic (exact) mass is 392 g/mol. The maximum absolute atomic E-state index is 14.7. The van der Waals surface area contributed by atoms with Crippen molar-refractivity contribution >= 4 is 17.4 Å². The van der Waals surface area contributed by atoms with Crippen LogP contribution in [0.25, 0.3) is 0 Å². The van der Waals surface area contributed by atoms with Crippen LogP contribution in [0.3, 0.4) is 0 Å². The number of hydrogen-bond donors (Lipinski definition) is 0. The topological polar surface area (TPSA) is 34.6 Å². The summed E-state index contributed by atoms with van der Waals surface area (Å²) in [6.45, 7) is 11.4. The van der Waals surface area contributed by atoms with Gasteiger partial charge in [0.2, 0.25) is 0 Å². The van der Waals surface area contributed by atoms with Crippen molar-refractivity contribution in [1.29, 1.82) is 0 Å². The van der Waals surface area contributed by atoms with Crippen LogP contribution in [0.1, 0.15) is 40.2 Å². The number of hydrogen-bond acceptors (Lipinski definition) is 4. The highest BCUT2D eigenvalue weighted by molar-refractivity contribution is 6.32. The third kappa shape index (κ3) is 4.53. The van der Waals surface area contributed by atoms with Crippen LogP contribution in [0, 0.1) is 5.82 Å². The zero-order valence-corrected chi connectivity index (χ0v) is 17.2. The molecule has 2 unspecified atom stereocenters. The zero-order valence-electron chi connectivity index (χ0n) is 16.4. The number of benzene rings is 1. The van der Waals surface area contributed by atoms with Gasteiger partial charge in [-0.05, 0) is 37.0 Å². The van der Waals surface area contributed by atoms with Crippen LogP contribution < -0.4 is 9.64 Å². The van der Waals surface area contributed by atoms with Gasteiger partial charge in [0.25, 0.3) is 0 Å². The first-order valence-electron chi connectivity index (χ1n) is 9.18. The van der Waals surface area contributed by atoms with Crippen LogP contribution in [0.5, 0.6) is 11.5 Å². The van der Waals surface area contributed by atoms with E-state index in [-0.39, 0.29) is 22.6 Å². The van der Waals surface area contributed by atoms with Crippen molar-refractivity contribution in [3.05, 3.63) is 46.9 Å². The Hall–Kier alpha value is -1.85. The molecule has 4 nitrogen and oxygen atoms in total. The molecule has 6 heteroatoms. The van der Waals surface area contributed by atoms with E-state index in [4.69, 9.17) is 21.1 Å². The number of halogens is 2. The van der Waals surface area contributed by atoms with Crippen LogP contribution in [-0.2, 0) is 10.2 Å². The molecule has 0 N–H and O–H groups in total. The van der Waals surface area contributed by atoms with Gasteiger partial charge in [-0.25, -0.2) is 9.37 Å². The molecule has 1 fully saturated rings. The number of aromatic nitrogens is 1. The Kier molecular flexibility index (Phi) is 5.63. The zero-order chi connectivity index (χ0) is 19.8. The van der Waals surface area contributed by atoms with Gasteiger partial charge >= 0.3 is 0 Å². The first kappa shape index (κ1) is 19.9. The lowest BCUT2D eigenvalue weighted by Gasteiger charge is -2.36. The quantitative estimate of drug-likeness (QED) is 0.683. The van der Waals surface area contributed by atoms with Crippen molar-refractivity contribution in [2.45, 2.75) is 52.2 Å². The summed E-state index contributed by atoms with van der Waals surface area (Å²) in [5.41, 5.74) is 0.228. The van der Waals surface area contributed by atoms with E-state index >= 15 is 0 Å². The first-order valence-corrected chi connectivity index (χ1v) is 9.55. The SMILES string of the molecule is CC1CN(c2cc(Oc3ccc(C(C)(C)C)c(F)c3Cl)ccn2)CC(C)O1. The second kappa shape index (κ2) is 7.64. The van der Waals surface area contributed by atoms with E-state index < -0.39 is 5.82 Å². The van der Waals surface area contributed by atoms with Gasteiger partial charge in [-0.3, -0.25) is 0 Å². The highest BCUT2D eigenvalue weighted by atomic mass is 35.5. The summed E-state index contributed by atoms with van der Waals surface area (Å²) in [6.07, 6.45) is 1.95. The molecule has 3 rings (SSSR count). The molecule has 0 aliphatic carbocycles. The van der Waals surface area contributed by atoms with Crippen LogP contribution in [-0.4, -0.2) is 30.3 Å². The van der Waals surface area contributed by atoms with Crippen molar-refractivity contribution in [3.8, 4) is 11.5 Å². The fourth-order valence-electron chi connectivity index (χ4n) is 3.32. The molecule has 2 aromatic rings. The lowest BCUT2D eigenvalue weighted by molar-refractivity contribution is -0.00547. The molecule has 0 amide bonds. The molecular weight excluding hydrogens is 367 g/mol. The summed E-state index contributed by atoms with van der Waals surface area (Å²) < 4.78 is 26.3. The summed E-state index contributed by atoms with van der Waals surface area (Å²) in [6, 6.07) is 7.02. The molecule has 0 spiro atoms. The second-order valence-electron chi connectivity index (χ2n) is 8.10. The molecule has 1 aliphatic rings. The number of rotatable bonds is 3. The van der Waals surface area contributed by atoms with E-state index in [0.717, 1.165) is 18.9 Å². The Balaban J connectivity index is 1.84. The molecule has 27 heavy (non-hydrogen) atoms. The van der Waals surface area contributed by atoms with E-state index in [1.165, 1.54) is 0 Å². The van der Waals surface area contributed by atoms with Gasteiger partial charge in [0.1, 0.15) is 28.2 Å². The molecular formula is C21H26ClFN2O2. The lowest BCUT2D eigenvalue weighted by Crippen LogP contribution is -2.45. The smallest absolute Gasteiger partial charge is 0.149 e. The Labute approximate surface area is 165 Å². The number of morpholine rings is 1. The average Bonchev–Trinajstić information content (AvgIpc) is 2.57. The Morgan fingerprint density at radius 1 is 1.19 bits per heavy atom. The fraction of sp³-hybridized carbons (Fsp3) is 0.476. The minimum atomic E-state index is -0.438. The van der Waals surface area contributed by atoms with Gasteiger partial charge < -0.3 is 14.4 Å². The molecule has 1 aromatic heterocycles. The minimum absolute atomic E-state index is 0.00518. The molecule has 1 aliphatic heterocycles. The van der Waals surface area contributed by atoms with Gasteiger partial charge in [0, 0.05) is 25.4 Å². The standard InChI is InChI=1S/C21H26ClFN2O2/c1-13-11-25(12-14(2)26-13)18-10-15(8-9-24-18)27-17-7-6-16(21(3,4)5)20(23)19(17)22/h6-10,13-14H,11-12H2,1-5H3. The number of anilines is 1. The van der Waals surface area contributed by atoms with Gasteiger partial charge in [0.05, 0.1) is 12.2 Å². The average molecular weight is 393 g/mol. The van der Waals surface area contributed by atoms with E-state index in [0.29, 0.717) is 17.1 Å². The van der Waals surface area contributed by atoms with Crippen molar-refractivity contribution in [2.24, 2.45) is 0 Å². The summed E-state index contributed by atoms with van der Waals surface area (Å²) in [5.74, 6) is 1.23. The van der Waals surface area contributed by atoms with Gasteiger partial charge in [-0.1, -0.05) is 38.4 Å².